The van der Waals surface area contributed by atoms with Gasteiger partial charge in [-0.1, -0.05) is 34.8 Å². The third-order valence-corrected chi connectivity index (χ3v) is 3.91. The lowest BCUT2D eigenvalue weighted by Crippen LogP contribution is -2.15. The number of aryl methyl sites for hydroxylation is 1. The molecule has 20 heavy (non-hydrogen) atoms. The quantitative estimate of drug-likeness (QED) is 0.746. The topological polar surface area (TPSA) is 54.9 Å². The lowest BCUT2D eigenvalue weighted by Gasteiger charge is -2.10. The second-order valence-corrected chi connectivity index (χ2v) is 5.92. The van der Waals surface area contributed by atoms with Crippen LogP contribution in [0.15, 0.2) is 22.9 Å². The number of amides is 1. The molecule has 2 aromatic heterocycles. The summed E-state index contributed by atoms with van der Waals surface area (Å²) >= 11 is 21.2. The van der Waals surface area contributed by atoms with Crippen molar-refractivity contribution in [3.05, 3.63) is 49.3 Å². The molecule has 2 heterocycles. The molecule has 0 bridgehead atoms. The third-order valence-electron chi connectivity index (χ3n) is 2.41. The first-order valence-electron chi connectivity index (χ1n) is 5.33. The highest BCUT2D eigenvalue weighted by molar-refractivity contribution is 9.10. The van der Waals surface area contributed by atoms with Gasteiger partial charge < -0.3 is 5.32 Å². The Hall–Kier alpha value is -0.880. The summed E-state index contributed by atoms with van der Waals surface area (Å²) in [6.07, 6.45) is 3.01. The number of hydrogen-bond donors (Lipinski definition) is 1. The Bertz CT molecular complexity index is 694. The van der Waals surface area contributed by atoms with Crippen molar-refractivity contribution in [3.63, 3.8) is 0 Å². The first-order chi connectivity index (χ1) is 9.40. The van der Waals surface area contributed by atoms with Crippen LogP contribution in [0.25, 0.3) is 0 Å². The molecule has 8 heteroatoms. The summed E-state index contributed by atoms with van der Waals surface area (Å²) in [5.74, 6) is -0.304. The Labute approximate surface area is 138 Å². The fourth-order valence-corrected chi connectivity index (χ4v) is 2.61. The molecule has 0 saturated heterocycles. The van der Waals surface area contributed by atoms with Crippen LogP contribution in [0.5, 0.6) is 0 Å². The molecular weight excluding hydrogens is 388 g/mol. The SMILES string of the molecule is Cc1cnc(Cl)c(C(=O)Nc2ncc(Br)cc2Cl)c1Cl. The molecule has 1 amide bonds. The van der Waals surface area contributed by atoms with E-state index in [0.29, 0.717) is 15.1 Å². The van der Waals surface area contributed by atoms with Gasteiger partial charge >= 0.3 is 0 Å². The minimum Gasteiger partial charge on any atom is -0.305 e. The van der Waals surface area contributed by atoms with Gasteiger partial charge in [0.2, 0.25) is 0 Å². The van der Waals surface area contributed by atoms with E-state index in [1.807, 2.05) is 0 Å². The van der Waals surface area contributed by atoms with Crippen LogP contribution in [0.2, 0.25) is 15.2 Å². The molecular formula is C12H7BrCl3N3O. The fraction of sp³-hybridized carbons (Fsp3) is 0.0833. The normalized spacial score (nSPS) is 10.4. The molecule has 0 aliphatic carbocycles. The molecule has 0 radical (unpaired) electrons. The van der Waals surface area contributed by atoms with Crippen LogP contribution in [-0.4, -0.2) is 15.9 Å². The standard InChI is InChI=1S/C12H7BrCl3N3O/c1-5-3-17-10(16)8(9(5)15)12(20)19-11-7(14)2-6(13)4-18-11/h2-4H,1H3,(H,18,19,20). The van der Waals surface area contributed by atoms with Gasteiger partial charge in [-0.2, -0.15) is 0 Å². The van der Waals surface area contributed by atoms with Crippen molar-refractivity contribution >= 4 is 62.5 Å². The smallest absolute Gasteiger partial charge is 0.261 e. The van der Waals surface area contributed by atoms with E-state index >= 15 is 0 Å². The maximum atomic E-state index is 12.2. The zero-order valence-electron chi connectivity index (χ0n) is 10.0. The number of carbonyl (C=O) groups is 1. The van der Waals surface area contributed by atoms with E-state index in [2.05, 4.69) is 31.2 Å². The molecule has 0 fully saturated rings. The number of rotatable bonds is 2. The fourth-order valence-electron chi connectivity index (χ4n) is 1.43. The van der Waals surface area contributed by atoms with E-state index in [9.17, 15) is 4.79 Å². The Morgan fingerprint density at radius 2 is 1.95 bits per heavy atom. The Morgan fingerprint density at radius 3 is 2.60 bits per heavy atom. The Balaban J connectivity index is 2.36. The summed E-state index contributed by atoms with van der Waals surface area (Å²) in [4.78, 5) is 20.1. The number of anilines is 1. The Kier molecular flexibility index (Phi) is 4.86. The zero-order chi connectivity index (χ0) is 14.9. The van der Waals surface area contributed by atoms with Crippen LogP contribution >= 0.6 is 50.7 Å². The summed E-state index contributed by atoms with van der Waals surface area (Å²) in [5, 5.41) is 3.11. The Morgan fingerprint density at radius 1 is 1.25 bits per heavy atom. The van der Waals surface area contributed by atoms with Crippen LogP contribution in [0, 0.1) is 6.92 Å². The number of nitrogens with one attached hydrogen (secondary N) is 1. The number of aromatic nitrogens is 2. The van der Waals surface area contributed by atoms with E-state index in [-0.39, 0.29) is 21.6 Å². The van der Waals surface area contributed by atoms with Crippen molar-refractivity contribution in [2.75, 3.05) is 5.32 Å². The maximum absolute atomic E-state index is 12.2. The molecule has 0 aliphatic heterocycles. The minimum atomic E-state index is -0.520. The van der Waals surface area contributed by atoms with Crippen molar-refractivity contribution in [1.82, 2.24) is 9.97 Å². The number of pyridine rings is 2. The van der Waals surface area contributed by atoms with Gasteiger partial charge in [-0.25, -0.2) is 9.97 Å². The van der Waals surface area contributed by atoms with Gasteiger partial charge in [-0.15, -0.1) is 0 Å². The lowest BCUT2D eigenvalue weighted by molar-refractivity contribution is 0.102. The largest absolute Gasteiger partial charge is 0.305 e. The highest BCUT2D eigenvalue weighted by Crippen LogP contribution is 2.28. The van der Waals surface area contributed by atoms with Crippen molar-refractivity contribution < 1.29 is 4.79 Å². The van der Waals surface area contributed by atoms with Crippen LogP contribution in [-0.2, 0) is 0 Å². The second kappa shape index (κ2) is 6.26. The summed E-state index contributed by atoms with van der Waals surface area (Å²) in [5.41, 5.74) is 0.741. The molecule has 4 nitrogen and oxygen atoms in total. The maximum Gasteiger partial charge on any atom is 0.261 e. The van der Waals surface area contributed by atoms with Crippen LogP contribution in [0.4, 0.5) is 5.82 Å². The molecule has 0 spiro atoms. The van der Waals surface area contributed by atoms with Crippen molar-refractivity contribution in [1.29, 1.82) is 0 Å². The molecule has 0 aliphatic rings. The van der Waals surface area contributed by atoms with Crippen LogP contribution < -0.4 is 5.32 Å². The zero-order valence-corrected chi connectivity index (χ0v) is 13.9. The van der Waals surface area contributed by atoms with Gasteiger partial charge in [0, 0.05) is 16.9 Å². The molecule has 1 N–H and O–H groups in total. The second-order valence-electron chi connectivity index (χ2n) is 3.86. The van der Waals surface area contributed by atoms with E-state index in [1.165, 1.54) is 12.4 Å². The molecule has 2 rings (SSSR count). The van der Waals surface area contributed by atoms with Gasteiger partial charge in [-0.05, 0) is 34.5 Å². The van der Waals surface area contributed by atoms with Crippen molar-refractivity contribution in [3.8, 4) is 0 Å². The van der Waals surface area contributed by atoms with E-state index in [0.717, 1.165) is 0 Å². The highest BCUT2D eigenvalue weighted by atomic mass is 79.9. The lowest BCUT2D eigenvalue weighted by atomic mass is 10.2. The molecule has 0 atom stereocenters. The van der Waals surface area contributed by atoms with Crippen LogP contribution in [0.3, 0.4) is 0 Å². The van der Waals surface area contributed by atoms with E-state index in [1.54, 1.807) is 13.0 Å². The molecule has 0 aromatic carbocycles. The molecule has 2 aromatic rings. The average Bonchev–Trinajstić information content (AvgIpc) is 2.38. The van der Waals surface area contributed by atoms with Gasteiger partial charge in [0.15, 0.2) is 5.82 Å². The van der Waals surface area contributed by atoms with Crippen molar-refractivity contribution in [2.45, 2.75) is 6.92 Å². The third kappa shape index (κ3) is 3.23. The van der Waals surface area contributed by atoms with E-state index in [4.69, 9.17) is 34.8 Å². The molecule has 0 unspecified atom stereocenters. The summed E-state index contributed by atoms with van der Waals surface area (Å²) in [7, 11) is 0. The number of halogens is 4. The average molecular weight is 395 g/mol. The van der Waals surface area contributed by atoms with Crippen molar-refractivity contribution in [2.24, 2.45) is 0 Å². The predicted octanol–water partition coefficient (Wildman–Crippen LogP) is 4.76. The van der Waals surface area contributed by atoms with Crippen LogP contribution in [0.1, 0.15) is 15.9 Å². The highest BCUT2D eigenvalue weighted by Gasteiger charge is 2.19. The number of hydrogen-bond acceptors (Lipinski definition) is 3. The molecule has 104 valence electrons. The van der Waals surface area contributed by atoms with Gasteiger partial charge in [0.25, 0.3) is 5.91 Å². The minimum absolute atomic E-state index is 0.0198. The van der Waals surface area contributed by atoms with Gasteiger partial charge in [-0.3, -0.25) is 4.79 Å². The summed E-state index contributed by atoms with van der Waals surface area (Å²) < 4.78 is 0.703. The van der Waals surface area contributed by atoms with E-state index < -0.39 is 5.91 Å². The first kappa shape index (κ1) is 15.5. The van der Waals surface area contributed by atoms with Gasteiger partial charge in [0.1, 0.15) is 5.15 Å². The summed E-state index contributed by atoms with van der Waals surface area (Å²) in [6.45, 7) is 1.73. The number of nitrogens with zero attached hydrogens (tertiary/aromatic N) is 2. The number of carbonyl (C=O) groups excluding carboxylic acids is 1. The summed E-state index contributed by atoms with van der Waals surface area (Å²) in [6, 6.07) is 1.61. The predicted molar refractivity (Wildman–Crippen MR) is 83.9 cm³/mol. The van der Waals surface area contributed by atoms with Gasteiger partial charge in [0.05, 0.1) is 15.6 Å². The monoisotopic (exact) mass is 393 g/mol. The molecule has 0 saturated carbocycles. The first-order valence-corrected chi connectivity index (χ1v) is 7.26.